The van der Waals surface area contributed by atoms with Gasteiger partial charge in [-0.2, -0.15) is 0 Å². The van der Waals surface area contributed by atoms with Crippen LogP contribution in [-0.2, 0) is 35.5 Å². The van der Waals surface area contributed by atoms with Gasteiger partial charge in [0.05, 0.1) is 22.9 Å². The van der Waals surface area contributed by atoms with E-state index >= 15 is 0 Å². The van der Waals surface area contributed by atoms with Crippen molar-refractivity contribution in [2.45, 2.75) is 57.3 Å². The molecule has 0 aliphatic heterocycles. The number of thiophene rings is 1. The van der Waals surface area contributed by atoms with Gasteiger partial charge in [-0.05, 0) is 50.3 Å². The van der Waals surface area contributed by atoms with Gasteiger partial charge in [0.15, 0.2) is 11.0 Å². The number of allylic oxidation sites excluding steroid dienone is 1. The van der Waals surface area contributed by atoms with Gasteiger partial charge < -0.3 is 14.8 Å². The fraction of sp³-hybridized carbons (Fsp3) is 0.385. The summed E-state index contributed by atoms with van der Waals surface area (Å²) in [5.74, 6) is 0.447. The van der Waals surface area contributed by atoms with Crippen molar-refractivity contribution in [1.82, 2.24) is 14.8 Å². The van der Waals surface area contributed by atoms with Gasteiger partial charge in [0.2, 0.25) is 5.91 Å². The average molecular weight is 596 g/mol. The molecule has 202 valence electrons. The number of amides is 1. The van der Waals surface area contributed by atoms with Gasteiger partial charge >= 0.3 is 5.97 Å². The predicted molar refractivity (Wildman–Crippen MR) is 152 cm³/mol. The van der Waals surface area contributed by atoms with Crippen molar-refractivity contribution in [3.05, 3.63) is 62.7 Å². The Labute approximate surface area is 239 Å². The van der Waals surface area contributed by atoms with Crippen LogP contribution in [0.5, 0.6) is 5.75 Å². The molecule has 12 heteroatoms. The molecular weight excluding hydrogens is 567 g/mol. The number of benzene rings is 1. The van der Waals surface area contributed by atoms with Crippen molar-refractivity contribution in [2.24, 2.45) is 0 Å². The number of nitrogens with zero attached hydrogens (tertiary/aromatic N) is 3. The van der Waals surface area contributed by atoms with Crippen LogP contribution < -0.4 is 10.1 Å². The van der Waals surface area contributed by atoms with E-state index in [0.29, 0.717) is 43.9 Å². The molecule has 4 rings (SSSR count). The highest BCUT2D eigenvalue weighted by atomic mass is 35.5. The summed E-state index contributed by atoms with van der Waals surface area (Å²) in [7, 11) is 0. The zero-order valence-electron chi connectivity index (χ0n) is 20.9. The summed E-state index contributed by atoms with van der Waals surface area (Å²) < 4.78 is 12.9. The second-order valence-electron chi connectivity index (χ2n) is 8.49. The zero-order valence-corrected chi connectivity index (χ0v) is 24.1. The Kier molecular flexibility index (Phi) is 10.1. The molecule has 1 aliphatic rings. The number of fused-ring (bicyclic) bond motifs is 1. The van der Waals surface area contributed by atoms with Crippen LogP contribution in [0, 0.1) is 0 Å². The van der Waals surface area contributed by atoms with Crippen LogP contribution in [0.1, 0.15) is 52.8 Å². The number of hydrogen-bond donors (Lipinski definition) is 1. The molecule has 2 heterocycles. The lowest BCUT2D eigenvalue weighted by molar-refractivity contribution is -0.113. The number of aryl methyl sites for hydroxylation is 1. The third-order valence-electron chi connectivity index (χ3n) is 5.84. The first kappa shape index (κ1) is 28.5. The van der Waals surface area contributed by atoms with Gasteiger partial charge in [-0.15, -0.1) is 28.1 Å². The largest absolute Gasteiger partial charge is 0.484 e. The molecule has 8 nitrogen and oxygen atoms in total. The van der Waals surface area contributed by atoms with Gasteiger partial charge in [0.25, 0.3) is 0 Å². The number of esters is 1. The highest BCUT2D eigenvalue weighted by molar-refractivity contribution is 7.99. The lowest BCUT2D eigenvalue weighted by atomic mass is 10.1. The number of nitrogens with one attached hydrogen (secondary N) is 1. The third-order valence-corrected chi connectivity index (χ3v) is 8.56. The van der Waals surface area contributed by atoms with E-state index in [-0.39, 0.29) is 30.8 Å². The van der Waals surface area contributed by atoms with E-state index in [1.54, 1.807) is 31.2 Å². The number of hydrogen-bond acceptors (Lipinski definition) is 8. The predicted octanol–water partition coefficient (Wildman–Crippen LogP) is 6.59. The van der Waals surface area contributed by atoms with Crippen molar-refractivity contribution in [3.63, 3.8) is 0 Å². The maximum Gasteiger partial charge on any atom is 0.341 e. The Morgan fingerprint density at radius 1 is 1.24 bits per heavy atom. The monoisotopic (exact) mass is 594 g/mol. The van der Waals surface area contributed by atoms with E-state index in [9.17, 15) is 9.59 Å². The third kappa shape index (κ3) is 6.91. The quantitative estimate of drug-likeness (QED) is 0.116. The first-order valence-corrected chi connectivity index (χ1v) is 14.8. The van der Waals surface area contributed by atoms with Gasteiger partial charge in [-0.25, -0.2) is 4.79 Å². The Hall–Kier alpha value is -2.53. The van der Waals surface area contributed by atoms with Crippen molar-refractivity contribution in [1.29, 1.82) is 0 Å². The highest BCUT2D eigenvalue weighted by Gasteiger charge is 2.27. The van der Waals surface area contributed by atoms with Crippen molar-refractivity contribution in [3.8, 4) is 5.75 Å². The highest BCUT2D eigenvalue weighted by Crippen LogP contribution is 2.38. The summed E-state index contributed by atoms with van der Waals surface area (Å²) in [4.78, 5) is 26.9. The molecule has 1 aliphatic carbocycles. The lowest BCUT2D eigenvalue weighted by Gasteiger charge is -2.11. The van der Waals surface area contributed by atoms with Crippen LogP contribution in [-0.4, -0.2) is 39.0 Å². The summed E-state index contributed by atoms with van der Waals surface area (Å²) in [5, 5.41) is 13.4. The smallest absolute Gasteiger partial charge is 0.341 e. The van der Waals surface area contributed by atoms with Gasteiger partial charge in [0, 0.05) is 22.5 Å². The van der Waals surface area contributed by atoms with Crippen LogP contribution >= 0.6 is 46.3 Å². The van der Waals surface area contributed by atoms with Gasteiger partial charge in [0.1, 0.15) is 17.4 Å². The van der Waals surface area contributed by atoms with Crippen LogP contribution in [0.2, 0.25) is 10.0 Å². The second kappa shape index (κ2) is 13.5. The van der Waals surface area contributed by atoms with E-state index in [2.05, 4.69) is 22.1 Å². The van der Waals surface area contributed by atoms with Crippen LogP contribution in [0.25, 0.3) is 0 Å². The van der Waals surface area contributed by atoms with Gasteiger partial charge in [-0.3, -0.25) is 9.36 Å². The SMILES string of the molecule is C=CCn1c(COc2cc(Cl)ccc2Cl)nnc1SCC(=O)Nc1sc2c(c1C(=O)OCC)CCCCC2. The number of rotatable bonds is 11. The fourth-order valence-corrected chi connectivity index (χ4v) is 6.51. The Bertz CT molecular complexity index is 1320. The van der Waals surface area contributed by atoms with Crippen molar-refractivity contribution in [2.75, 3.05) is 17.7 Å². The second-order valence-corrected chi connectivity index (χ2v) is 11.4. The molecule has 0 atom stereocenters. The molecule has 0 saturated heterocycles. The maximum atomic E-state index is 12.9. The Morgan fingerprint density at radius 3 is 2.84 bits per heavy atom. The Morgan fingerprint density at radius 2 is 2.05 bits per heavy atom. The molecule has 3 aromatic rings. The number of carbonyl (C=O) groups is 2. The molecule has 0 radical (unpaired) electrons. The molecule has 0 saturated carbocycles. The molecule has 0 spiro atoms. The lowest BCUT2D eigenvalue weighted by Crippen LogP contribution is -2.17. The van der Waals surface area contributed by atoms with E-state index in [1.807, 2.05) is 4.57 Å². The van der Waals surface area contributed by atoms with Crippen molar-refractivity contribution < 1.29 is 19.1 Å². The van der Waals surface area contributed by atoms with Crippen LogP contribution in [0.4, 0.5) is 5.00 Å². The van der Waals surface area contributed by atoms with Crippen LogP contribution in [0.15, 0.2) is 36.0 Å². The first-order valence-electron chi connectivity index (χ1n) is 12.3. The fourth-order valence-electron chi connectivity index (χ4n) is 4.12. The molecule has 0 fully saturated rings. The molecule has 38 heavy (non-hydrogen) atoms. The molecule has 1 N–H and O–H groups in total. The van der Waals surface area contributed by atoms with E-state index in [0.717, 1.165) is 42.5 Å². The normalized spacial score (nSPS) is 12.9. The molecule has 1 aromatic carbocycles. The first-order chi connectivity index (χ1) is 18.4. The summed E-state index contributed by atoms with van der Waals surface area (Å²) in [6.07, 6.45) is 6.68. The van der Waals surface area contributed by atoms with E-state index < -0.39 is 0 Å². The average Bonchev–Trinajstić information content (AvgIpc) is 3.35. The number of ether oxygens (including phenoxy) is 2. The summed E-state index contributed by atoms with van der Waals surface area (Å²) in [6, 6.07) is 4.97. The minimum Gasteiger partial charge on any atom is -0.484 e. The van der Waals surface area contributed by atoms with Gasteiger partial charge in [-0.1, -0.05) is 47.5 Å². The summed E-state index contributed by atoms with van der Waals surface area (Å²) in [5.41, 5.74) is 1.52. The number of aromatic nitrogens is 3. The minimum atomic E-state index is -0.384. The number of thioether (sulfide) groups is 1. The number of halogens is 2. The number of anilines is 1. The minimum absolute atomic E-state index is 0.0844. The standard InChI is InChI=1S/C26H28Cl2N4O4S2/c1-3-12-32-21(14-36-19-13-16(27)10-11-18(19)28)30-31-26(32)37-15-22(33)29-24-23(25(34)35-4-2)17-8-6-5-7-9-20(17)38-24/h3,10-11,13H,1,4-9,12,14-15H2,2H3,(H,29,33). The topological polar surface area (TPSA) is 95.3 Å². The number of carbonyl (C=O) groups excluding carboxylic acids is 2. The summed E-state index contributed by atoms with van der Waals surface area (Å²) in [6.45, 7) is 6.41. The van der Waals surface area contributed by atoms with E-state index in [4.69, 9.17) is 32.7 Å². The van der Waals surface area contributed by atoms with Crippen molar-refractivity contribution >= 4 is 63.2 Å². The summed E-state index contributed by atoms with van der Waals surface area (Å²) >= 11 is 14.9. The van der Waals surface area contributed by atoms with E-state index in [1.165, 1.54) is 23.1 Å². The maximum absolute atomic E-state index is 12.9. The molecular formula is C26H28Cl2N4O4S2. The Balaban J connectivity index is 1.44. The van der Waals surface area contributed by atoms with Crippen LogP contribution in [0.3, 0.4) is 0 Å². The zero-order chi connectivity index (χ0) is 27.1. The molecule has 0 unspecified atom stereocenters. The molecule has 1 amide bonds. The molecule has 2 aromatic heterocycles. The molecule has 0 bridgehead atoms.